The van der Waals surface area contributed by atoms with E-state index in [-0.39, 0.29) is 52.9 Å². The molecule has 3 aromatic rings. The zero-order valence-electron chi connectivity index (χ0n) is 33.1. The second-order valence-electron chi connectivity index (χ2n) is 17.3. The van der Waals surface area contributed by atoms with Gasteiger partial charge in [-0.05, 0) is 73.7 Å². The molecular weight excluding hydrogens is 760 g/mol. The van der Waals surface area contributed by atoms with E-state index in [1.165, 1.54) is 0 Å². The summed E-state index contributed by atoms with van der Waals surface area (Å²) in [6.45, 7) is 12.7. The van der Waals surface area contributed by atoms with Crippen molar-refractivity contribution in [2.75, 3.05) is 37.7 Å². The van der Waals surface area contributed by atoms with E-state index in [2.05, 4.69) is 54.2 Å². The molecule has 1 aliphatic carbocycles. The van der Waals surface area contributed by atoms with E-state index in [1.54, 1.807) is 30.3 Å². The highest BCUT2D eigenvalue weighted by Gasteiger charge is 2.64. The first-order chi connectivity index (χ1) is 27.6. The van der Waals surface area contributed by atoms with E-state index in [0.717, 1.165) is 48.6 Å². The van der Waals surface area contributed by atoms with Gasteiger partial charge in [0.1, 0.15) is 36.3 Å². The molecule has 4 heterocycles. The lowest BCUT2D eigenvalue weighted by Crippen LogP contribution is -2.74. The number of halogens is 1. The molecule has 5 amide bonds. The normalized spacial score (nSPS) is 24.1. The molecule has 5 aliphatic rings. The smallest absolute Gasteiger partial charge is 0.262 e. The average molecular weight is 807 g/mol. The lowest BCUT2D eigenvalue weighted by atomic mass is 9.49. The van der Waals surface area contributed by atoms with Crippen LogP contribution in [0.2, 0.25) is 5.02 Å². The largest absolute Gasteiger partial charge is 0.492 e. The highest BCUT2D eigenvalue weighted by molar-refractivity contribution is 6.31. The summed E-state index contributed by atoms with van der Waals surface area (Å²) in [6.07, 6.45) is 1.97. The molecule has 8 rings (SSSR count). The first-order valence-corrected chi connectivity index (χ1v) is 20.3. The fraction of sp³-hybridized carbons (Fsp3) is 0.455. The van der Waals surface area contributed by atoms with Crippen molar-refractivity contribution in [3.8, 4) is 17.6 Å². The van der Waals surface area contributed by atoms with Gasteiger partial charge in [-0.3, -0.25) is 39.1 Å². The van der Waals surface area contributed by atoms with Crippen LogP contribution in [0.3, 0.4) is 0 Å². The van der Waals surface area contributed by atoms with Crippen molar-refractivity contribution in [1.82, 2.24) is 20.4 Å². The van der Waals surface area contributed by atoms with Crippen molar-refractivity contribution in [3.63, 3.8) is 0 Å². The molecule has 14 heteroatoms. The van der Waals surface area contributed by atoms with E-state index in [1.807, 2.05) is 24.3 Å². The highest BCUT2D eigenvalue weighted by atomic mass is 35.5. The predicted octanol–water partition coefficient (Wildman–Crippen LogP) is 5.34. The standard InChI is InChI=1S/C44H47ClN6O7/c1-43(2)41(44(3,4)42(43)58-30-10-7-27(22-46)33(45)20-30)48-37(53)26-5-8-29(9-6-26)50-15-13-25(14-16-50)23-49-17-18-57-35-21-32-31(19-28(35)24-49)39(55)51(40(32)56)34-11-12-36(52)47-38(34)54/h5-10,19-21,25,34,41-42H,11-18,23-24H2,1-4H3,(H,48,53)(H,47,52,54). The van der Waals surface area contributed by atoms with Gasteiger partial charge in [-0.25, -0.2) is 0 Å². The Morgan fingerprint density at radius 3 is 2.29 bits per heavy atom. The maximum Gasteiger partial charge on any atom is 0.262 e. The fourth-order valence-corrected chi connectivity index (χ4v) is 10.1. The lowest BCUT2D eigenvalue weighted by molar-refractivity contribution is -0.164. The molecule has 1 unspecified atom stereocenters. The molecule has 1 atom stereocenters. The topological polar surface area (TPSA) is 161 Å². The Kier molecular flexibility index (Phi) is 10.2. The monoisotopic (exact) mass is 806 g/mol. The molecule has 4 aliphatic heterocycles. The molecule has 1 saturated carbocycles. The Labute approximate surface area is 342 Å². The number of anilines is 1. The summed E-state index contributed by atoms with van der Waals surface area (Å²) in [7, 11) is 0. The van der Waals surface area contributed by atoms with Crippen LogP contribution in [0.5, 0.6) is 11.5 Å². The molecule has 0 bridgehead atoms. The summed E-state index contributed by atoms with van der Waals surface area (Å²) in [5.74, 6) is -0.614. The Morgan fingerprint density at radius 1 is 0.948 bits per heavy atom. The van der Waals surface area contributed by atoms with Crippen LogP contribution in [0.25, 0.3) is 0 Å². The van der Waals surface area contributed by atoms with Crippen LogP contribution in [-0.2, 0) is 16.1 Å². The second kappa shape index (κ2) is 15.1. The number of amides is 5. The number of fused-ring (bicyclic) bond motifs is 2. The van der Waals surface area contributed by atoms with E-state index in [0.29, 0.717) is 53.3 Å². The van der Waals surface area contributed by atoms with Gasteiger partial charge in [-0.2, -0.15) is 5.26 Å². The van der Waals surface area contributed by atoms with Crippen molar-refractivity contribution in [2.24, 2.45) is 16.7 Å². The second-order valence-corrected chi connectivity index (χ2v) is 17.7. The number of carbonyl (C=O) groups excluding carboxylic acids is 5. The van der Waals surface area contributed by atoms with E-state index >= 15 is 0 Å². The van der Waals surface area contributed by atoms with Gasteiger partial charge < -0.3 is 19.7 Å². The van der Waals surface area contributed by atoms with Crippen LogP contribution >= 0.6 is 11.6 Å². The molecule has 2 saturated heterocycles. The lowest BCUT2D eigenvalue weighted by Gasteiger charge is -2.63. The highest BCUT2D eigenvalue weighted by Crippen LogP contribution is 2.55. The van der Waals surface area contributed by atoms with Gasteiger partial charge in [0.05, 0.1) is 21.7 Å². The number of piperidine rings is 2. The average Bonchev–Trinajstić information content (AvgIpc) is 3.30. The minimum Gasteiger partial charge on any atom is -0.492 e. The molecule has 0 aromatic heterocycles. The van der Waals surface area contributed by atoms with Crippen molar-refractivity contribution in [2.45, 2.75) is 78.1 Å². The van der Waals surface area contributed by atoms with E-state index in [4.69, 9.17) is 21.1 Å². The minimum absolute atomic E-state index is 0.0690. The number of hydrogen-bond donors (Lipinski definition) is 2. The maximum absolute atomic E-state index is 13.5. The summed E-state index contributed by atoms with van der Waals surface area (Å²) in [6, 6.07) is 17.1. The van der Waals surface area contributed by atoms with Crippen molar-refractivity contribution in [3.05, 3.63) is 87.4 Å². The van der Waals surface area contributed by atoms with Gasteiger partial charge in [0.15, 0.2) is 0 Å². The molecule has 3 aromatic carbocycles. The van der Waals surface area contributed by atoms with Crippen LogP contribution < -0.4 is 25.0 Å². The first kappa shape index (κ1) is 39.4. The van der Waals surface area contributed by atoms with Crippen LogP contribution in [0, 0.1) is 28.1 Å². The Balaban J connectivity index is 0.839. The summed E-state index contributed by atoms with van der Waals surface area (Å²) in [5.41, 5.74) is 2.64. The van der Waals surface area contributed by atoms with Crippen LogP contribution in [0.15, 0.2) is 54.6 Å². The van der Waals surface area contributed by atoms with Gasteiger partial charge in [-0.1, -0.05) is 39.3 Å². The number of nitrogens with zero attached hydrogens (tertiary/aromatic N) is 4. The van der Waals surface area contributed by atoms with Gasteiger partial charge in [-0.15, -0.1) is 0 Å². The SMILES string of the molecule is CC1(C)C(NC(=O)c2ccc(N3CCC(CN4CCOc5cc6c(cc5C4)C(=O)N(C4CCC(=O)NC4=O)C6=O)CC3)cc2)C(C)(C)C1Oc1ccc(C#N)c(Cl)c1. The van der Waals surface area contributed by atoms with Gasteiger partial charge >= 0.3 is 0 Å². The Bertz CT molecular complexity index is 2230. The third-order valence-electron chi connectivity index (χ3n) is 12.7. The Morgan fingerprint density at radius 2 is 1.64 bits per heavy atom. The van der Waals surface area contributed by atoms with Crippen molar-refractivity contribution in [1.29, 1.82) is 5.26 Å². The maximum atomic E-state index is 13.5. The zero-order valence-corrected chi connectivity index (χ0v) is 33.9. The van der Waals surface area contributed by atoms with Gasteiger partial charge in [0, 0.05) is 78.9 Å². The molecular formula is C44H47ClN6O7. The number of imide groups is 2. The van der Waals surface area contributed by atoms with E-state index < -0.39 is 29.7 Å². The quantitative estimate of drug-likeness (QED) is 0.285. The molecule has 0 radical (unpaired) electrons. The number of benzene rings is 3. The number of nitriles is 1. The fourth-order valence-electron chi connectivity index (χ4n) is 9.93. The molecule has 302 valence electrons. The first-order valence-electron chi connectivity index (χ1n) is 19.9. The summed E-state index contributed by atoms with van der Waals surface area (Å²) < 4.78 is 12.5. The zero-order chi connectivity index (χ0) is 41.1. The van der Waals surface area contributed by atoms with Crippen molar-refractivity contribution < 1.29 is 33.4 Å². The summed E-state index contributed by atoms with van der Waals surface area (Å²) in [4.78, 5) is 70.2. The van der Waals surface area contributed by atoms with Crippen molar-refractivity contribution >= 4 is 46.8 Å². The molecule has 58 heavy (non-hydrogen) atoms. The summed E-state index contributed by atoms with van der Waals surface area (Å²) in [5, 5.41) is 15.1. The molecule has 0 spiro atoms. The third kappa shape index (κ3) is 7.06. The number of carbonyl (C=O) groups is 5. The number of rotatable bonds is 8. The van der Waals surface area contributed by atoms with E-state index in [9.17, 15) is 29.2 Å². The summed E-state index contributed by atoms with van der Waals surface area (Å²) >= 11 is 6.25. The molecule has 3 fully saturated rings. The van der Waals surface area contributed by atoms with Crippen LogP contribution in [0.4, 0.5) is 5.69 Å². The molecule has 2 N–H and O–H groups in total. The van der Waals surface area contributed by atoms with Crippen LogP contribution in [-0.4, -0.2) is 90.3 Å². The van der Waals surface area contributed by atoms with Gasteiger partial charge in [0.25, 0.3) is 17.7 Å². The van der Waals surface area contributed by atoms with Crippen LogP contribution in [0.1, 0.15) is 95.6 Å². The number of hydrogen-bond acceptors (Lipinski definition) is 10. The third-order valence-corrected chi connectivity index (χ3v) is 13.0. The number of ether oxygens (including phenoxy) is 2. The number of nitrogens with one attached hydrogen (secondary N) is 2. The minimum atomic E-state index is -1.01. The predicted molar refractivity (Wildman–Crippen MR) is 215 cm³/mol. The molecule has 13 nitrogen and oxygen atoms in total. The van der Waals surface area contributed by atoms with Gasteiger partial charge in [0.2, 0.25) is 11.8 Å². The Hall–Kier alpha value is -5.45.